The van der Waals surface area contributed by atoms with E-state index in [4.69, 9.17) is 0 Å². The first-order chi connectivity index (χ1) is 15.4. The number of benzene rings is 2. The number of rotatable bonds is 5. The molecular weight excluding hydrogens is 413 g/mol. The summed E-state index contributed by atoms with van der Waals surface area (Å²) in [5, 5.41) is 3.97. The van der Waals surface area contributed by atoms with E-state index in [1.807, 2.05) is 6.07 Å². The fourth-order valence-corrected chi connectivity index (χ4v) is 5.21. The van der Waals surface area contributed by atoms with Crippen LogP contribution < -0.4 is 5.32 Å². The Morgan fingerprint density at radius 3 is 2.47 bits per heavy atom. The lowest BCUT2D eigenvalue weighted by Gasteiger charge is -2.32. The van der Waals surface area contributed by atoms with Gasteiger partial charge in [0.05, 0.1) is 5.52 Å². The number of carbonyl (C=O) groups is 1. The van der Waals surface area contributed by atoms with Crippen molar-refractivity contribution in [3.63, 3.8) is 0 Å². The van der Waals surface area contributed by atoms with E-state index in [1.54, 1.807) is 18.3 Å². The Morgan fingerprint density at radius 2 is 1.75 bits per heavy atom. The van der Waals surface area contributed by atoms with Crippen LogP contribution in [0.15, 0.2) is 48.7 Å². The summed E-state index contributed by atoms with van der Waals surface area (Å²) in [4.78, 5) is 16.9. The molecule has 2 saturated carbocycles. The predicted octanol–water partition coefficient (Wildman–Crippen LogP) is 6.28. The molecule has 2 aliphatic carbocycles. The molecular formula is C26H25F3N2O. The fourth-order valence-electron chi connectivity index (χ4n) is 5.21. The fraction of sp³-hybridized carbons (Fsp3) is 0.385. The molecule has 0 atom stereocenters. The molecule has 1 aromatic heterocycles. The van der Waals surface area contributed by atoms with Gasteiger partial charge in [-0.15, -0.1) is 0 Å². The third-order valence-electron chi connectivity index (χ3n) is 7.12. The minimum atomic E-state index is -1.01. The van der Waals surface area contributed by atoms with Gasteiger partial charge in [0.25, 0.3) is 5.91 Å². The molecule has 0 aliphatic heterocycles. The molecule has 1 N–H and O–H groups in total. The smallest absolute Gasteiger partial charge is 0.251 e. The molecule has 5 rings (SSSR count). The van der Waals surface area contributed by atoms with Crippen LogP contribution in [0.5, 0.6) is 0 Å². The summed E-state index contributed by atoms with van der Waals surface area (Å²) in [6.07, 6.45) is 8.67. The van der Waals surface area contributed by atoms with Gasteiger partial charge in [-0.05, 0) is 105 Å². The van der Waals surface area contributed by atoms with Gasteiger partial charge >= 0.3 is 0 Å². The summed E-state index contributed by atoms with van der Waals surface area (Å²) in [6, 6.07) is 10.0. The molecule has 32 heavy (non-hydrogen) atoms. The van der Waals surface area contributed by atoms with E-state index in [1.165, 1.54) is 17.7 Å². The van der Waals surface area contributed by atoms with Gasteiger partial charge in [0.2, 0.25) is 0 Å². The number of hydrogen-bond acceptors (Lipinski definition) is 2. The van der Waals surface area contributed by atoms with E-state index >= 15 is 0 Å². The number of fused-ring (bicyclic) bond motifs is 1. The maximum atomic E-state index is 13.8. The van der Waals surface area contributed by atoms with Crippen LogP contribution in [0, 0.1) is 23.4 Å². The minimum Gasteiger partial charge on any atom is -0.347 e. The standard InChI is InChI=1S/C26H25F3N2O/c27-19-6-8-24-21(14-19)20(9-12-30-24)17-3-1-16(2-4-17)15-26(10-11-26)31-25(32)18-5-7-22(28)23(29)13-18/h5-9,12-14,16-17H,1-4,10-11,15H2,(H,31,32). The molecule has 0 radical (unpaired) electrons. The highest BCUT2D eigenvalue weighted by atomic mass is 19.2. The van der Waals surface area contributed by atoms with Gasteiger partial charge in [-0.1, -0.05) is 0 Å². The van der Waals surface area contributed by atoms with E-state index in [9.17, 15) is 18.0 Å². The Kier molecular flexibility index (Phi) is 5.39. The van der Waals surface area contributed by atoms with Crippen molar-refractivity contribution in [3.8, 4) is 0 Å². The lowest BCUT2D eigenvalue weighted by molar-refractivity contribution is 0.0920. The quantitative estimate of drug-likeness (QED) is 0.510. The van der Waals surface area contributed by atoms with Crippen molar-refractivity contribution < 1.29 is 18.0 Å². The molecule has 2 fully saturated rings. The average Bonchev–Trinajstić information content (AvgIpc) is 3.54. The third-order valence-corrected chi connectivity index (χ3v) is 7.12. The zero-order valence-corrected chi connectivity index (χ0v) is 17.7. The zero-order chi connectivity index (χ0) is 22.3. The number of nitrogens with zero attached hydrogens (tertiary/aromatic N) is 1. The summed E-state index contributed by atoms with van der Waals surface area (Å²) < 4.78 is 40.4. The average molecular weight is 438 g/mol. The summed E-state index contributed by atoms with van der Waals surface area (Å²) in [5.41, 5.74) is 1.91. The molecule has 0 saturated heterocycles. The molecule has 2 aromatic carbocycles. The van der Waals surface area contributed by atoms with Crippen LogP contribution in [0.25, 0.3) is 10.9 Å². The maximum absolute atomic E-state index is 13.8. The Morgan fingerprint density at radius 1 is 0.969 bits per heavy atom. The lowest BCUT2D eigenvalue weighted by atomic mass is 9.75. The van der Waals surface area contributed by atoms with Gasteiger partial charge in [0, 0.05) is 22.7 Å². The van der Waals surface area contributed by atoms with Crippen LogP contribution in [0.1, 0.15) is 66.8 Å². The van der Waals surface area contributed by atoms with Crippen molar-refractivity contribution in [1.29, 1.82) is 0 Å². The second kappa shape index (κ2) is 8.23. The zero-order valence-electron chi connectivity index (χ0n) is 17.7. The Hall–Kier alpha value is -2.89. The first-order valence-corrected chi connectivity index (χ1v) is 11.2. The molecule has 0 unspecified atom stereocenters. The largest absolute Gasteiger partial charge is 0.347 e. The molecule has 0 spiro atoms. The van der Waals surface area contributed by atoms with Gasteiger partial charge in [-0.2, -0.15) is 0 Å². The van der Waals surface area contributed by atoms with Crippen LogP contribution in [0.2, 0.25) is 0 Å². The molecule has 1 amide bonds. The SMILES string of the molecule is O=C(NC1(CC2CCC(c3ccnc4ccc(F)cc34)CC2)CC1)c1ccc(F)c(F)c1. The van der Waals surface area contributed by atoms with Gasteiger partial charge in [0.15, 0.2) is 11.6 Å². The van der Waals surface area contributed by atoms with E-state index in [0.29, 0.717) is 11.8 Å². The van der Waals surface area contributed by atoms with Gasteiger partial charge < -0.3 is 5.32 Å². The van der Waals surface area contributed by atoms with Crippen LogP contribution >= 0.6 is 0 Å². The molecule has 6 heteroatoms. The summed E-state index contributed by atoms with van der Waals surface area (Å²) in [7, 11) is 0. The summed E-state index contributed by atoms with van der Waals surface area (Å²) >= 11 is 0. The first-order valence-electron chi connectivity index (χ1n) is 11.2. The summed E-state index contributed by atoms with van der Waals surface area (Å²) in [5.74, 6) is -1.67. The van der Waals surface area contributed by atoms with E-state index in [-0.39, 0.29) is 22.8 Å². The predicted molar refractivity (Wildman–Crippen MR) is 117 cm³/mol. The number of halogens is 3. The highest BCUT2D eigenvalue weighted by molar-refractivity contribution is 5.95. The van der Waals surface area contributed by atoms with Crippen molar-refractivity contribution in [2.45, 2.75) is 56.4 Å². The number of hydrogen-bond donors (Lipinski definition) is 1. The van der Waals surface area contributed by atoms with Crippen LogP contribution in [-0.4, -0.2) is 16.4 Å². The van der Waals surface area contributed by atoms with Crippen LogP contribution in [-0.2, 0) is 0 Å². The Bertz CT molecular complexity index is 1170. The number of pyridine rings is 1. The third kappa shape index (κ3) is 4.23. The second-order valence-corrected chi connectivity index (χ2v) is 9.35. The molecule has 3 aromatic rings. The topological polar surface area (TPSA) is 42.0 Å². The van der Waals surface area contributed by atoms with E-state index in [2.05, 4.69) is 10.3 Å². The number of amides is 1. The van der Waals surface area contributed by atoms with Gasteiger partial charge in [0.1, 0.15) is 5.82 Å². The molecule has 2 aliphatic rings. The van der Waals surface area contributed by atoms with Crippen molar-refractivity contribution in [2.75, 3.05) is 0 Å². The molecule has 3 nitrogen and oxygen atoms in total. The van der Waals surface area contributed by atoms with E-state index in [0.717, 1.165) is 68.0 Å². The molecule has 1 heterocycles. The minimum absolute atomic E-state index is 0.149. The summed E-state index contributed by atoms with van der Waals surface area (Å²) in [6.45, 7) is 0. The first kappa shape index (κ1) is 21.0. The normalized spacial score (nSPS) is 22.0. The van der Waals surface area contributed by atoms with Crippen molar-refractivity contribution >= 4 is 16.8 Å². The monoisotopic (exact) mass is 438 g/mol. The lowest BCUT2D eigenvalue weighted by Crippen LogP contribution is -2.39. The maximum Gasteiger partial charge on any atom is 0.251 e. The molecule has 0 bridgehead atoms. The Balaban J connectivity index is 1.21. The molecule has 166 valence electrons. The van der Waals surface area contributed by atoms with Gasteiger partial charge in [-0.3, -0.25) is 9.78 Å². The number of aromatic nitrogens is 1. The van der Waals surface area contributed by atoms with E-state index < -0.39 is 11.6 Å². The Labute approximate surface area is 185 Å². The van der Waals surface area contributed by atoms with Gasteiger partial charge in [-0.25, -0.2) is 13.2 Å². The van der Waals surface area contributed by atoms with Crippen LogP contribution in [0.4, 0.5) is 13.2 Å². The number of nitrogens with one attached hydrogen (secondary N) is 1. The van der Waals surface area contributed by atoms with Crippen molar-refractivity contribution in [1.82, 2.24) is 10.3 Å². The van der Waals surface area contributed by atoms with Crippen molar-refractivity contribution in [2.24, 2.45) is 5.92 Å². The highest BCUT2D eigenvalue weighted by Crippen LogP contribution is 2.47. The highest BCUT2D eigenvalue weighted by Gasteiger charge is 2.46. The number of carbonyl (C=O) groups excluding carboxylic acids is 1. The van der Waals surface area contributed by atoms with Crippen molar-refractivity contribution in [3.05, 3.63) is 77.2 Å². The van der Waals surface area contributed by atoms with Crippen LogP contribution in [0.3, 0.4) is 0 Å². The second-order valence-electron chi connectivity index (χ2n) is 9.35.